The highest BCUT2D eigenvalue weighted by Gasteiger charge is 2.31. The largest absolute Gasteiger partial charge is 0.573 e. The van der Waals surface area contributed by atoms with Crippen LogP contribution in [0.4, 0.5) is 13.2 Å². The first-order chi connectivity index (χ1) is 13.5. The van der Waals surface area contributed by atoms with Crippen LogP contribution in [0.5, 0.6) is 17.2 Å². The summed E-state index contributed by atoms with van der Waals surface area (Å²) in [4.78, 5) is 2.31. The van der Waals surface area contributed by atoms with Gasteiger partial charge in [0, 0.05) is 26.2 Å². The van der Waals surface area contributed by atoms with Gasteiger partial charge in [0.2, 0.25) is 0 Å². The van der Waals surface area contributed by atoms with Gasteiger partial charge in [-0.25, -0.2) is 0 Å². The van der Waals surface area contributed by atoms with Crippen molar-refractivity contribution >= 4 is 24.8 Å². The zero-order chi connectivity index (χ0) is 19.6. The molecule has 0 aliphatic carbocycles. The van der Waals surface area contributed by atoms with Gasteiger partial charge in [0.1, 0.15) is 19.0 Å². The second kappa shape index (κ2) is 10.4. The number of hydrogen-bond donors (Lipinski definition) is 1. The Morgan fingerprint density at radius 3 is 2.10 bits per heavy atom. The van der Waals surface area contributed by atoms with Gasteiger partial charge >= 0.3 is 6.36 Å². The van der Waals surface area contributed by atoms with Crippen molar-refractivity contribution in [1.29, 1.82) is 0 Å². The van der Waals surface area contributed by atoms with Crippen LogP contribution in [0.15, 0.2) is 42.5 Å². The van der Waals surface area contributed by atoms with Crippen molar-refractivity contribution in [2.24, 2.45) is 0 Å². The number of ether oxygens (including phenoxy) is 3. The summed E-state index contributed by atoms with van der Waals surface area (Å²) in [6, 6.07) is 11.8. The molecule has 2 aromatic carbocycles. The lowest BCUT2D eigenvalue weighted by atomic mass is 9.96. The molecule has 0 spiro atoms. The van der Waals surface area contributed by atoms with Crippen LogP contribution in [0.2, 0.25) is 0 Å². The van der Waals surface area contributed by atoms with E-state index in [4.69, 9.17) is 9.47 Å². The monoisotopic (exact) mass is 466 g/mol. The second-order valence-electron chi connectivity index (χ2n) is 6.71. The molecule has 1 atom stereocenters. The van der Waals surface area contributed by atoms with Crippen LogP contribution in [0.25, 0.3) is 0 Å². The van der Waals surface area contributed by atoms with Gasteiger partial charge in [-0.3, -0.25) is 4.90 Å². The van der Waals surface area contributed by atoms with Crippen LogP contribution < -0.4 is 19.5 Å². The van der Waals surface area contributed by atoms with Crippen LogP contribution in [-0.4, -0.2) is 50.7 Å². The summed E-state index contributed by atoms with van der Waals surface area (Å²) in [5, 5.41) is 3.33. The molecule has 0 unspecified atom stereocenters. The molecule has 10 heteroatoms. The third kappa shape index (κ3) is 5.85. The summed E-state index contributed by atoms with van der Waals surface area (Å²) in [6.45, 7) is 4.40. The lowest BCUT2D eigenvalue weighted by Crippen LogP contribution is -2.45. The quantitative estimate of drug-likeness (QED) is 0.731. The predicted molar refractivity (Wildman–Crippen MR) is 111 cm³/mol. The number of rotatable bonds is 4. The topological polar surface area (TPSA) is 43.0 Å². The van der Waals surface area contributed by atoms with Crippen molar-refractivity contribution in [1.82, 2.24) is 10.2 Å². The number of halogens is 5. The van der Waals surface area contributed by atoms with Crippen LogP contribution in [0.1, 0.15) is 17.2 Å². The molecule has 2 aliphatic rings. The van der Waals surface area contributed by atoms with E-state index in [2.05, 4.69) is 15.0 Å². The Bertz CT molecular complexity index is 816. The number of nitrogens with zero attached hydrogens (tertiary/aromatic N) is 1. The Labute approximate surface area is 185 Å². The maximum atomic E-state index is 12.5. The fourth-order valence-corrected chi connectivity index (χ4v) is 3.64. The molecule has 1 saturated heterocycles. The highest BCUT2D eigenvalue weighted by Crippen LogP contribution is 2.37. The first kappa shape index (κ1) is 24.4. The molecule has 2 heterocycles. The van der Waals surface area contributed by atoms with E-state index in [1.807, 2.05) is 18.2 Å². The van der Waals surface area contributed by atoms with Crippen LogP contribution >= 0.6 is 24.8 Å². The number of fused-ring (bicyclic) bond motifs is 1. The lowest BCUT2D eigenvalue weighted by molar-refractivity contribution is -0.274. The fourth-order valence-electron chi connectivity index (χ4n) is 3.64. The molecule has 0 aromatic heterocycles. The minimum absolute atomic E-state index is 0. The molecular weight excluding hydrogens is 444 g/mol. The lowest BCUT2D eigenvalue weighted by Gasteiger charge is -2.36. The number of nitrogens with one attached hydrogen (secondary N) is 1. The Morgan fingerprint density at radius 2 is 1.47 bits per heavy atom. The van der Waals surface area contributed by atoms with Crippen molar-refractivity contribution in [3.63, 3.8) is 0 Å². The van der Waals surface area contributed by atoms with E-state index in [0.29, 0.717) is 24.7 Å². The van der Waals surface area contributed by atoms with Gasteiger partial charge in [-0.1, -0.05) is 18.2 Å². The molecule has 0 radical (unpaired) electrons. The summed E-state index contributed by atoms with van der Waals surface area (Å²) in [7, 11) is 0. The van der Waals surface area contributed by atoms with Gasteiger partial charge in [-0.2, -0.15) is 0 Å². The molecule has 0 amide bonds. The third-order valence-corrected chi connectivity index (χ3v) is 4.83. The van der Waals surface area contributed by atoms with Gasteiger partial charge in [-0.15, -0.1) is 38.0 Å². The van der Waals surface area contributed by atoms with Crippen molar-refractivity contribution in [2.45, 2.75) is 12.4 Å². The molecule has 1 fully saturated rings. The SMILES string of the molecule is Cl.Cl.FC(F)(F)Oc1ccc([C@@H](c2ccc3c(c2)OCCO3)N2CCNCC2)cc1. The minimum Gasteiger partial charge on any atom is -0.486 e. The highest BCUT2D eigenvalue weighted by atomic mass is 35.5. The summed E-state index contributed by atoms with van der Waals surface area (Å²) in [5.41, 5.74) is 1.91. The van der Waals surface area contributed by atoms with Crippen LogP contribution in [-0.2, 0) is 0 Å². The van der Waals surface area contributed by atoms with Crippen LogP contribution in [0, 0.1) is 0 Å². The van der Waals surface area contributed by atoms with Crippen LogP contribution in [0.3, 0.4) is 0 Å². The second-order valence-corrected chi connectivity index (χ2v) is 6.71. The predicted octanol–water partition coefficient (Wildman–Crippen LogP) is 4.19. The van der Waals surface area contributed by atoms with E-state index < -0.39 is 6.36 Å². The summed E-state index contributed by atoms with van der Waals surface area (Å²) in [5.74, 6) is 1.18. The maximum Gasteiger partial charge on any atom is 0.573 e. The minimum atomic E-state index is -4.70. The Morgan fingerprint density at radius 1 is 0.867 bits per heavy atom. The Hall–Kier alpha value is -1.87. The molecule has 2 aromatic rings. The van der Waals surface area contributed by atoms with Gasteiger partial charge in [0.05, 0.1) is 6.04 Å². The zero-order valence-corrected chi connectivity index (χ0v) is 17.6. The van der Waals surface area contributed by atoms with E-state index in [-0.39, 0.29) is 36.6 Å². The van der Waals surface area contributed by atoms with Gasteiger partial charge < -0.3 is 19.5 Å². The first-order valence-corrected chi connectivity index (χ1v) is 9.20. The Kier molecular flexibility index (Phi) is 8.49. The van der Waals surface area contributed by atoms with E-state index in [0.717, 1.165) is 37.3 Å². The number of benzene rings is 2. The van der Waals surface area contributed by atoms with Crippen molar-refractivity contribution in [3.8, 4) is 17.2 Å². The highest BCUT2D eigenvalue weighted by molar-refractivity contribution is 5.85. The van der Waals surface area contributed by atoms with E-state index >= 15 is 0 Å². The van der Waals surface area contributed by atoms with Crippen molar-refractivity contribution in [3.05, 3.63) is 53.6 Å². The average Bonchev–Trinajstić information content (AvgIpc) is 2.69. The molecule has 2 aliphatic heterocycles. The molecule has 0 saturated carbocycles. The van der Waals surface area contributed by atoms with E-state index in [1.54, 1.807) is 12.1 Å². The standard InChI is InChI=1S/C20H21F3N2O3.2ClH/c21-20(22,23)28-16-4-1-14(2-5-16)19(25-9-7-24-8-10-25)15-3-6-17-18(13-15)27-12-11-26-17;;/h1-6,13,19,24H,7-12H2;2*1H/t19-;;/m0../s1. The van der Waals surface area contributed by atoms with Gasteiger partial charge in [0.25, 0.3) is 0 Å². The third-order valence-electron chi connectivity index (χ3n) is 4.83. The van der Waals surface area contributed by atoms with Crippen molar-refractivity contribution in [2.75, 3.05) is 39.4 Å². The molecule has 5 nitrogen and oxygen atoms in total. The summed E-state index contributed by atoms with van der Waals surface area (Å²) < 4.78 is 52.7. The maximum absolute atomic E-state index is 12.5. The van der Waals surface area contributed by atoms with Gasteiger partial charge in [0.15, 0.2) is 11.5 Å². The first-order valence-electron chi connectivity index (χ1n) is 9.20. The van der Waals surface area contributed by atoms with E-state index in [9.17, 15) is 13.2 Å². The molecular formula is C20H23Cl2F3N2O3. The number of alkyl halides is 3. The summed E-state index contributed by atoms with van der Waals surface area (Å²) >= 11 is 0. The van der Waals surface area contributed by atoms with E-state index in [1.165, 1.54) is 12.1 Å². The Balaban J connectivity index is 0.00000160. The normalized spacial score (nSPS) is 17.3. The van der Waals surface area contributed by atoms with Gasteiger partial charge in [-0.05, 0) is 35.4 Å². The number of piperazine rings is 1. The molecule has 30 heavy (non-hydrogen) atoms. The average molecular weight is 467 g/mol. The fraction of sp³-hybridized carbons (Fsp3) is 0.400. The molecule has 166 valence electrons. The number of hydrogen-bond acceptors (Lipinski definition) is 5. The zero-order valence-electron chi connectivity index (χ0n) is 16.0. The molecule has 0 bridgehead atoms. The molecule has 4 rings (SSSR count). The summed E-state index contributed by atoms with van der Waals surface area (Å²) in [6.07, 6.45) is -4.70. The van der Waals surface area contributed by atoms with Crippen molar-refractivity contribution < 1.29 is 27.4 Å². The molecule has 1 N–H and O–H groups in total. The smallest absolute Gasteiger partial charge is 0.486 e.